The molecule has 0 aliphatic rings. The predicted octanol–water partition coefficient (Wildman–Crippen LogP) is 2.03. The largest absolute Gasteiger partial charge is 0.493 e. The Balaban J connectivity index is 2.66. The van der Waals surface area contributed by atoms with Crippen LogP contribution in [-0.2, 0) is 4.74 Å². The molecule has 1 amide bonds. The van der Waals surface area contributed by atoms with Crippen molar-refractivity contribution in [3.8, 4) is 11.5 Å². The van der Waals surface area contributed by atoms with E-state index in [1.807, 2.05) is 0 Å². The molecular weight excluding hydrogens is 258 g/mol. The van der Waals surface area contributed by atoms with Crippen LogP contribution in [0.5, 0.6) is 11.5 Å². The van der Waals surface area contributed by atoms with Gasteiger partial charge in [0.2, 0.25) is 0 Å². The van der Waals surface area contributed by atoms with Gasteiger partial charge in [-0.05, 0) is 24.6 Å². The van der Waals surface area contributed by atoms with E-state index in [1.54, 1.807) is 31.4 Å². The normalized spacial score (nSPS) is 9.90. The third-order valence-electron chi connectivity index (χ3n) is 2.59. The van der Waals surface area contributed by atoms with Crippen LogP contribution in [0.1, 0.15) is 16.8 Å². The van der Waals surface area contributed by atoms with Gasteiger partial charge in [0.15, 0.2) is 11.5 Å². The molecule has 0 fully saturated rings. The lowest BCUT2D eigenvalue weighted by atomic mass is 10.2. The molecule has 0 radical (unpaired) electrons. The maximum absolute atomic E-state index is 11.9. The van der Waals surface area contributed by atoms with Crippen molar-refractivity contribution in [2.45, 2.75) is 6.42 Å². The van der Waals surface area contributed by atoms with Crippen LogP contribution in [0.25, 0.3) is 0 Å². The number of nitrogens with one attached hydrogen (secondary N) is 1. The summed E-state index contributed by atoms with van der Waals surface area (Å²) in [6, 6.07) is 5.07. The van der Waals surface area contributed by atoms with Gasteiger partial charge in [0.25, 0.3) is 5.91 Å². The second-order valence-corrected chi connectivity index (χ2v) is 4.07. The summed E-state index contributed by atoms with van der Waals surface area (Å²) in [6.07, 6.45) is 2.43. The fourth-order valence-electron chi connectivity index (χ4n) is 1.60. The van der Waals surface area contributed by atoms with Crippen molar-refractivity contribution in [3.05, 3.63) is 36.4 Å². The SMILES string of the molecule is C=CCOc1ccc(C(=O)NCCCOC)cc1OC. The molecular formula is C15H21NO4. The molecule has 0 bridgehead atoms. The van der Waals surface area contributed by atoms with Crippen molar-refractivity contribution >= 4 is 5.91 Å². The molecule has 0 aromatic heterocycles. The van der Waals surface area contributed by atoms with Gasteiger partial charge < -0.3 is 19.5 Å². The van der Waals surface area contributed by atoms with E-state index in [2.05, 4.69) is 11.9 Å². The van der Waals surface area contributed by atoms with Crippen LogP contribution in [0.4, 0.5) is 0 Å². The van der Waals surface area contributed by atoms with Gasteiger partial charge in [0.1, 0.15) is 6.61 Å². The van der Waals surface area contributed by atoms with Crippen molar-refractivity contribution in [2.24, 2.45) is 0 Å². The molecule has 5 nitrogen and oxygen atoms in total. The van der Waals surface area contributed by atoms with E-state index in [9.17, 15) is 4.79 Å². The molecule has 20 heavy (non-hydrogen) atoms. The Hall–Kier alpha value is -2.01. The summed E-state index contributed by atoms with van der Waals surface area (Å²) in [4.78, 5) is 11.9. The Morgan fingerprint density at radius 2 is 2.15 bits per heavy atom. The number of rotatable bonds is 9. The third kappa shape index (κ3) is 4.93. The highest BCUT2D eigenvalue weighted by Crippen LogP contribution is 2.28. The van der Waals surface area contributed by atoms with E-state index in [0.717, 1.165) is 6.42 Å². The summed E-state index contributed by atoms with van der Waals surface area (Å²) in [5.74, 6) is 0.967. The first-order chi connectivity index (χ1) is 9.72. The van der Waals surface area contributed by atoms with Gasteiger partial charge in [0.05, 0.1) is 7.11 Å². The molecule has 1 rings (SSSR count). The van der Waals surface area contributed by atoms with Gasteiger partial charge in [-0.15, -0.1) is 0 Å². The molecule has 110 valence electrons. The van der Waals surface area contributed by atoms with E-state index in [4.69, 9.17) is 14.2 Å². The van der Waals surface area contributed by atoms with Crippen molar-refractivity contribution in [1.82, 2.24) is 5.32 Å². The van der Waals surface area contributed by atoms with E-state index in [0.29, 0.717) is 36.8 Å². The minimum atomic E-state index is -0.144. The summed E-state index contributed by atoms with van der Waals surface area (Å²) in [6.45, 7) is 5.17. The minimum absolute atomic E-state index is 0.144. The number of hydrogen-bond acceptors (Lipinski definition) is 4. The number of benzene rings is 1. The Morgan fingerprint density at radius 3 is 2.80 bits per heavy atom. The molecule has 0 saturated heterocycles. The summed E-state index contributed by atoms with van der Waals surface area (Å²) in [7, 11) is 3.17. The third-order valence-corrected chi connectivity index (χ3v) is 2.59. The van der Waals surface area contributed by atoms with Crippen LogP contribution in [0, 0.1) is 0 Å². The Labute approximate surface area is 119 Å². The highest BCUT2D eigenvalue weighted by atomic mass is 16.5. The zero-order chi connectivity index (χ0) is 14.8. The lowest BCUT2D eigenvalue weighted by Crippen LogP contribution is -2.25. The maximum Gasteiger partial charge on any atom is 0.251 e. The number of carbonyl (C=O) groups excluding carboxylic acids is 1. The highest BCUT2D eigenvalue weighted by molar-refractivity contribution is 5.94. The first kappa shape index (κ1) is 16.0. The van der Waals surface area contributed by atoms with Crippen molar-refractivity contribution in [1.29, 1.82) is 0 Å². The zero-order valence-corrected chi connectivity index (χ0v) is 12.0. The van der Waals surface area contributed by atoms with Crippen molar-refractivity contribution < 1.29 is 19.0 Å². The average Bonchev–Trinajstić information content (AvgIpc) is 2.49. The van der Waals surface area contributed by atoms with Gasteiger partial charge in [-0.3, -0.25) is 4.79 Å². The van der Waals surface area contributed by atoms with E-state index in [-0.39, 0.29) is 5.91 Å². The fraction of sp³-hybridized carbons (Fsp3) is 0.400. The number of methoxy groups -OCH3 is 2. The molecule has 0 unspecified atom stereocenters. The van der Waals surface area contributed by atoms with Gasteiger partial charge in [-0.1, -0.05) is 12.7 Å². The Morgan fingerprint density at radius 1 is 1.35 bits per heavy atom. The molecule has 0 aliphatic carbocycles. The second kappa shape index (κ2) is 8.98. The summed E-state index contributed by atoms with van der Waals surface area (Å²) >= 11 is 0. The lowest BCUT2D eigenvalue weighted by molar-refractivity contribution is 0.0948. The summed E-state index contributed by atoms with van der Waals surface area (Å²) < 4.78 is 15.6. The quantitative estimate of drug-likeness (QED) is 0.555. The standard InChI is InChI=1S/C15H21NO4/c1-4-9-20-13-7-6-12(11-14(13)19-3)15(17)16-8-5-10-18-2/h4,6-7,11H,1,5,8-10H2,2-3H3,(H,16,17). The zero-order valence-electron chi connectivity index (χ0n) is 12.0. The smallest absolute Gasteiger partial charge is 0.251 e. The van der Waals surface area contributed by atoms with E-state index < -0.39 is 0 Å². The average molecular weight is 279 g/mol. The Kier molecular flexibility index (Phi) is 7.21. The summed E-state index contributed by atoms with van der Waals surface area (Å²) in [5, 5.41) is 2.82. The van der Waals surface area contributed by atoms with Crippen LogP contribution in [0.15, 0.2) is 30.9 Å². The maximum atomic E-state index is 11.9. The van der Waals surface area contributed by atoms with Crippen LogP contribution >= 0.6 is 0 Å². The van der Waals surface area contributed by atoms with Crippen LogP contribution < -0.4 is 14.8 Å². The predicted molar refractivity (Wildman–Crippen MR) is 77.5 cm³/mol. The van der Waals surface area contributed by atoms with Gasteiger partial charge in [-0.25, -0.2) is 0 Å². The van der Waals surface area contributed by atoms with Gasteiger partial charge >= 0.3 is 0 Å². The second-order valence-electron chi connectivity index (χ2n) is 4.07. The van der Waals surface area contributed by atoms with Crippen LogP contribution in [0.2, 0.25) is 0 Å². The van der Waals surface area contributed by atoms with Crippen LogP contribution in [-0.4, -0.2) is 39.9 Å². The number of ether oxygens (including phenoxy) is 3. The molecule has 0 spiro atoms. The molecule has 0 aliphatic heterocycles. The molecule has 5 heteroatoms. The van der Waals surface area contributed by atoms with E-state index >= 15 is 0 Å². The molecule has 0 heterocycles. The lowest BCUT2D eigenvalue weighted by Gasteiger charge is -2.11. The highest BCUT2D eigenvalue weighted by Gasteiger charge is 2.10. The fourth-order valence-corrected chi connectivity index (χ4v) is 1.60. The molecule has 1 aromatic rings. The molecule has 1 N–H and O–H groups in total. The van der Waals surface area contributed by atoms with E-state index in [1.165, 1.54) is 7.11 Å². The molecule has 0 saturated carbocycles. The first-order valence-corrected chi connectivity index (χ1v) is 6.41. The summed E-state index contributed by atoms with van der Waals surface area (Å²) in [5.41, 5.74) is 0.533. The number of carbonyl (C=O) groups is 1. The topological polar surface area (TPSA) is 56.8 Å². The number of amides is 1. The first-order valence-electron chi connectivity index (χ1n) is 6.41. The molecule has 0 atom stereocenters. The monoisotopic (exact) mass is 279 g/mol. The Bertz CT molecular complexity index is 445. The van der Waals surface area contributed by atoms with Crippen molar-refractivity contribution in [2.75, 3.05) is 34.0 Å². The molecule has 1 aromatic carbocycles. The van der Waals surface area contributed by atoms with Crippen molar-refractivity contribution in [3.63, 3.8) is 0 Å². The van der Waals surface area contributed by atoms with Gasteiger partial charge in [0, 0.05) is 25.8 Å². The van der Waals surface area contributed by atoms with Crippen LogP contribution in [0.3, 0.4) is 0 Å². The number of hydrogen-bond donors (Lipinski definition) is 1. The van der Waals surface area contributed by atoms with Gasteiger partial charge in [-0.2, -0.15) is 0 Å². The minimum Gasteiger partial charge on any atom is -0.493 e.